The molecule has 2 atom stereocenters. The van der Waals surface area contributed by atoms with Gasteiger partial charge >= 0.3 is 0 Å². The molecule has 4 aliphatic rings. The molecule has 1 aromatic carbocycles. The predicted molar refractivity (Wildman–Crippen MR) is 91.5 cm³/mol. The molecule has 1 heterocycles. The number of hydrogen-bond donors (Lipinski definition) is 0. The summed E-state index contributed by atoms with van der Waals surface area (Å²) in [5.74, 6) is 1.65. The van der Waals surface area contributed by atoms with Crippen LogP contribution in [0.1, 0.15) is 33.6 Å². The van der Waals surface area contributed by atoms with E-state index in [9.17, 15) is 0 Å². The minimum Gasteiger partial charge on any atom is -0.343 e. The summed E-state index contributed by atoms with van der Waals surface area (Å²) in [6, 6.07) is 8.73. The molecule has 0 saturated heterocycles. The molecule has 0 radical (unpaired) electrons. The summed E-state index contributed by atoms with van der Waals surface area (Å²) < 4.78 is 0. The molecule has 0 spiro atoms. The smallest absolute Gasteiger partial charge is 0.0549 e. The second kappa shape index (κ2) is 4.42. The van der Waals surface area contributed by atoms with Gasteiger partial charge < -0.3 is 4.90 Å². The fraction of sp³-hybridized carbons (Fsp3) is 0.474. The van der Waals surface area contributed by atoms with Crippen molar-refractivity contribution in [2.75, 3.05) is 11.9 Å². The number of allylic oxidation sites excluding steroid dienone is 2. The molecule has 0 N–H and O–H groups in total. The Hall–Kier alpha value is -1.15. The van der Waals surface area contributed by atoms with Crippen molar-refractivity contribution < 1.29 is 0 Å². The number of rotatable bonds is 1. The second-order valence-corrected chi connectivity index (χ2v) is 8.26. The highest BCUT2D eigenvalue weighted by Crippen LogP contribution is 2.63. The highest BCUT2D eigenvalue weighted by molar-refractivity contribution is 8.02. The number of nitrogens with zero attached hydrogens (tertiary/aromatic N) is 1. The van der Waals surface area contributed by atoms with Crippen molar-refractivity contribution in [3.63, 3.8) is 0 Å². The van der Waals surface area contributed by atoms with Crippen molar-refractivity contribution in [1.29, 1.82) is 0 Å². The lowest BCUT2D eigenvalue weighted by Crippen LogP contribution is -2.50. The third kappa shape index (κ3) is 1.78. The van der Waals surface area contributed by atoms with Crippen LogP contribution < -0.4 is 4.90 Å². The molecule has 2 heteroatoms. The third-order valence-electron chi connectivity index (χ3n) is 5.99. The Morgan fingerprint density at radius 2 is 2.00 bits per heavy atom. The molecule has 1 aromatic rings. The van der Waals surface area contributed by atoms with Crippen molar-refractivity contribution in [1.82, 2.24) is 0 Å². The van der Waals surface area contributed by atoms with E-state index in [4.69, 9.17) is 0 Å². The Balaban J connectivity index is 1.77. The van der Waals surface area contributed by atoms with Crippen molar-refractivity contribution in [2.45, 2.75) is 38.5 Å². The van der Waals surface area contributed by atoms with Crippen LogP contribution in [0.3, 0.4) is 0 Å². The van der Waals surface area contributed by atoms with E-state index in [0.29, 0.717) is 5.41 Å². The van der Waals surface area contributed by atoms with Gasteiger partial charge in [0.15, 0.2) is 0 Å². The number of anilines is 1. The summed E-state index contributed by atoms with van der Waals surface area (Å²) in [7, 11) is 2.22. The highest BCUT2D eigenvalue weighted by Gasteiger charge is 2.53. The average molecular weight is 297 g/mol. The summed E-state index contributed by atoms with van der Waals surface area (Å²) >= 11 is 1.88. The molecule has 1 aliphatic heterocycles. The normalized spacial score (nSPS) is 29.7. The molecular formula is C19H23NS. The van der Waals surface area contributed by atoms with Crippen molar-refractivity contribution in [2.24, 2.45) is 17.3 Å². The molecule has 0 amide bonds. The maximum Gasteiger partial charge on any atom is 0.0549 e. The lowest BCUT2D eigenvalue weighted by atomic mass is 9.47. The zero-order valence-electron chi connectivity index (χ0n) is 13.3. The first-order valence-electron chi connectivity index (χ1n) is 7.89. The van der Waals surface area contributed by atoms with Crippen LogP contribution in [0.25, 0.3) is 0 Å². The van der Waals surface area contributed by atoms with Gasteiger partial charge in [0.2, 0.25) is 0 Å². The van der Waals surface area contributed by atoms with Crippen LogP contribution in [0, 0.1) is 17.3 Å². The van der Waals surface area contributed by atoms with E-state index in [2.05, 4.69) is 62.4 Å². The molecule has 1 nitrogen and oxygen atoms in total. The topological polar surface area (TPSA) is 3.24 Å². The summed E-state index contributed by atoms with van der Waals surface area (Å²) in [5.41, 5.74) is 6.52. The van der Waals surface area contributed by atoms with Gasteiger partial charge in [-0.2, -0.15) is 0 Å². The number of hydrogen-bond acceptors (Lipinski definition) is 2. The van der Waals surface area contributed by atoms with Gasteiger partial charge in [0, 0.05) is 11.9 Å². The molecule has 0 unspecified atom stereocenters. The van der Waals surface area contributed by atoms with E-state index >= 15 is 0 Å². The first kappa shape index (κ1) is 13.5. The summed E-state index contributed by atoms with van der Waals surface area (Å²) in [6.07, 6.45) is 2.67. The molecule has 3 aliphatic carbocycles. The van der Waals surface area contributed by atoms with E-state index in [0.717, 1.165) is 11.8 Å². The predicted octanol–water partition coefficient (Wildman–Crippen LogP) is 5.45. The van der Waals surface area contributed by atoms with Crippen LogP contribution in [0.4, 0.5) is 5.69 Å². The quantitative estimate of drug-likeness (QED) is 0.678. The van der Waals surface area contributed by atoms with Crippen LogP contribution in [-0.2, 0) is 0 Å². The van der Waals surface area contributed by atoms with Gasteiger partial charge in [0.05, 0.1) is 11.4 Å². The molecule has 1 saturated carbocycles. The van der Waals surface area contributed by atoms with Gasteiger partial charge in [-0.3, -0.25) is 0 Å². The van der Waals surface area contributed by atoms with Gasteiger partial charge in [0.1, 0.15) is 0 Å². The molecular weight excluding hydrogens is 274 g/mol. The van der Waals surface area contributed by atoms with Crippen LogP contribution in [0.15, 0.2) is 51.4 Å². The van der Waals surface area contributed by atoms with E-state index in [1.165, 1.54) is 29.1 Å². The summed E-state index contributed by atoms with van der Waals surface area (Å²) in [4.78, 5) is 3.77. The lowest BCUT2D eigenvalue weighted by molar-refractivity contribution is -0.00848. The average Bonchev–Trinajstić information content (AvgIpc) is 2.48. The monoisotopic (exact) mass is 297 g/mol. The van der Waals surface area contributed by atoms with E-state index in [-0.39, 0.29) is 0 Å². The minimum absolute atomic E-state index is 0.484. The second-order valence-electron chi connectivity index (χ2n) is 7.35. The SMILES string of the molecule is CC1=C(C2=CSc3ccccc3N2C)[C@H]2C[C@@H](C1)C2(C)C. The number of thioether (sulfide) groups is 1. The van der Waals surface area contributed by atoms with Gasteiger partial charge in [-0.1, -0.05) is 43.3 Å². The zero-order chi connectivity index (χ0) is 14.8. The van der Waals surface area contributed by atoms with E-state index < -0.39 is 0 Å². The Morgan fingerprint density at radius 3 is 2.76 bits per heavy atom. The van der Waals surface area contributed by atoms with Crippen molar-refractivity contribution in [3.05, 3.63) is 46.5 Å². The largest absolute Gasteiger partial charge is 0.343 e. The number of fused-ring (bicyclic) bond motifs is 2. The minimum atomic E-state index is 0.484. The van der Waals surface area contributed by atoms with Crippen LogP contribution >= 0.6 is 11.8 Å². The number of benzene rings is 1. The molecule has 1 fully saturated rings. The van der Waals surface area contributed by atoms with Crippen LogP contribution in [-0.4, -0.2) is 7.05 Å². The standard InChI is InChI=1S/C19H23NS/c1-12-9-13-10-14(19(13,2)3)18(12)16-11-21-17-8-6-5-7-15(17)20(16)4/h5-8,11,13-14H,9-10H2,1-4H3/t13-,14-/m1/s1. The Bertz CT molecular complexity index is 668. The van der Waals surface area contributed by atoms with Crippen LogP contribution in [0.5, 0.6) is 0 Å². The molecule has 5 rings (SSSR count). The van der Waals surface area contributed by atoms with Crippen molar-refractivity contribution >= 4 is 17.4 Å². The fourth-order valence-electron chi connectivity index (χ4n) is 4.43. The van der Waals surface area contributed by atoms with Crippen LogP contribution in [0.2, 0.25) is 0 Å². The third-order valence-corrected chi connectivity index (χ3v) is 6.93. The lowest BCUT2D eigenvalue weighted by Gasteiger charge is -2.58. The first-order chi connectivity index (χ1) is 10.00. The number of para-hydroxylation sites is 1. The summed E-state index contributed by atoms with van der Waals surface area (Å²) in [6.45, 7) is 7.27. The van der Waals surface area contributed by atoms with Gasteiger partial charge in [-0.05, 0) is 60.1 Å². The van der Waals surface area contributed by atoms with Gasteiger partial charge in [-0.25, -0.2) is 0 Å². The maximum absolute atomic E-state index is 2.46. The van der Waals surface area contributed by atoms with E-state index in [1.807, 2.05) is 11.8 Å². The molecule has 2 bridgehead atoms. The zero-order valence-corrected chi connectivity index (χ0v) is 14.1. The first-order valence-corrected chi connectivity index (χ1v) is 8.77. The Kier molecular flexibility index (Phi) is 2.85. The Morgan fingerprint density at radius 1 is 1.24 bits per heavy atom. The molecule has 110 valence electrons. The summed E-state index contributed by atoms with van der Waals surface area (Å²) in [5, 5.41) is 2.37. The molecule has 21 heavy (non-hydrogen) atoms. The highest BCUT2D eigenvalue weighted by atomic mass is 32.2. The number of likely N-dealkylation sites (N-methyl/N-ethyl adjacent to an activating group) is 1. The maximum atomic E-state index is 2.46. The van der Waals surface area contributed by atoms with Crippen molar-refractivity contribution in [3.8, 4) is 0 Å². The van der Waals surface area contributed by atoms with Gasteiger partial charge in [-0.15, -0.1) is 0 Å². The van der Waals surface area contributed by atoms with E-state index in [1.54, 1.807) is 11.1 Å². The fourth-order valence-corrected chi connectivity index (χ4v) is 5.44. The Labute approximate surface area is 132 Å². The van der Waals surface area contributed by atoms with Gasteiger partial charge in [0.25, 0.3) is 0 Å². The molecule has 0 aromatic heterocycles.